The third-order valence-corrected chi connectivity index (χ3v) is 6.50. The molecule has 0 spiro atoms. The molecule has 2 aromatic rings. The number of rotatable bonds is 8. The Balaban J connectivity index is 1.70. The number of amides is 2. The van der Waals surface area contributed by atoms with Gasteiger partial charge < -0.3 is 15.0 Å². The zero-order valence-electron chi connectivity index (χ0n) is 16.9. The second kappa shape index (κ2) is 11.1. The number of carbonyl (C=O) groups is 2. The number of hydrogen-bond donors (Lipinski definition) is 1. The second-order valence-electron chi connectivity index (χ2n) is 7.56. The molecule has 0 aromatic heterocycles. The molecule has 1 atom stereocenters. The quantitative estimate of drug-likeness (QED) is 0.449. The van der Waals surface area contributed by atoms with Crippen molar-refractivity contribution in [3.63, 3.8) is 0 Å². The highest BCUT2D eigenvalue weighted by Crippen LogP contribution is 2.20. The summed E-state index contributed by atoms with van der Waals surface area (Å²) >= 11 is 5.69. The molecule has 2 aromatic carbocycles. The van der Waals surface area contributed by atoms with Gasteiger partial charge in [-0.05, 0) is 84.3 Å². The van der Waals surface area contributed by atoms with Crippen LogP contribution in [0.5, 0.6) is 5.75 Å². The van der Waals surface area contributed by atoms with Gasteiger partial charge in [0.25, 0.3) is 5.91 Å². The van der Waals surface area contributed by atoms with E-state index in [-0.39, 0.29) is 24.5 Å². The van der Waals surface area contributed by atoms with E-state index in [1.54, 1.807) is 11.8 Å². The average molecular weight is 585 g/mol. The lowest BCUT2D eigenvalue weighted by atomic mass is 10.1. The zero-order chi connectivity index (χ0) is 21.5. The summed E-state index contributed by atoms with van der Waals surface area (Å²) in [5.74, 6) is 0.302. The van der Waals surface area contributed by atoms with E-state index in [1.807, 2.05) is 48.5 Å². The van der Waals surface area contributed by atoms with Crippen LogP contribution in [-0.2, 0) is 16.1 Å². The Labute approximate surface area is 199 Å². The highest BCUT2D eigenvalue weighted by Gasteiger charge is 2.28. The molecule has 0 unspecified atom stereocenters. The maximum atomic E-state index is 13.1. The molecule has 0 aliphatic heterocycles. The highest BCUT2D eigenvalue weighted by atomic mass is 127. The van der Waals surface area contributed by atoms with E-state index in [2.05, 4.69) is 43.8 Å². The second-order valence-corrected chi connectivity index (χ2v) is 9.72. The van der Waals surface area contributed by atoms with Crippen LogP contribution in [0.2, 0.25) is 0 Å². The summed E-state index contributed by atoms with van der Waals surface area (Å²) in [6.45, 7) is 2.01. The first-order valence-electron chi connectivity index (χ1n) is 10.1. The Kier molecular flexibility index (Phi) is 8.56. The summed E-state index contributed by atoms with van der Waals surface area (Å²) in [6.07, 6.45) is 4.30. The van der Waals surface area contributed by atoms with Gasteiger partial charge in [0, 0.05) is 20.6 Å². The van der Waals surface area contributed by atoms with E-state index < -0.39 is 6.04 Å². The van der Waals surface area contributed by atoms with Crippen LogP contribution in [0.15, 0.2) is 53.0 Å². The van der Waals surface area contributed by atoms with Crippen molar-refractivity contribution in [2.75, 3.05) is 6.61 Å². The summed E-state index contributed by atoms with van der Waals surface area (Å²) in [5.41, 5.74) is 0.951. The molecular formula is C23H26BrIN2O3. The van der Waals surface area contributed by atoms with Gasteiger partial charge in [0.1, 0.15) is 11.8 Å². The molecule has 3 rings (SSSR count). The molecule has 2 amide bonds. The van der Waals surface area contributed by atoms with Gasteiger partial charge in [-0.2, -0.15) is 0 Å². The van der Waals surface area contributed by atoms with Crippen molar-refractivity contribution >= 4 is 50.3 Å². The fraction of sp³-hybridized carbons (Fsp3) is 0.391. The van der Waals surface area contributed by atoms with Gasteiger partial charge in [-0.15, -0.1) is 0 Å². The van der Waals surface area contributed by atoms with Crippen molar-refractivity contribution in [2.45, 2.75) is 51.2 Å². The van der Waals surface area contributed by atoms with E-state index in [4.69, 9.17) is 4.74 Å². The van der Waals surface area contributed by atoms with Gasteiger partial charge in [0.05, 0.1) is 0 Å². The third kappa shape index (κ3) is 6.70. The summed E-state index contributed by atoms with van der Waals surface area (Å²) < 4.78 is 7.73. The Morgan fingerprint density at radius 2 is 1.90 bits per heavy atom. The average Bonchev–Trinajstić information content (AvgIpc) is 3.24. The van der Waals surface area contributed by atoms with Crippen LogP contribution in [0, 0.1) is 3.57 Å². The molecular weight excluding hydrogens is 559 g/mol. The molecule has 0 saturated heterocycles. The molecule has 1 aliphatic rings. The first-order valence-corrected chi connectivity index (χ1v) is 12.0. The smallest absolute Gasteiger partial charge is 0.261 e. The molecule has 1 aliphatic carbocycles. The molecule has 1 N–H and O–H groups in total. The molecule has 5 nitrogen and oxygen atoms in total. The van der Waals surface area contributed by atoms with Crippen LogP contribution >= 0.6 is 38.5 Å². The molecule has 30 heavy (non-hydrogen) atoms. The van der Waals surface area contributed by atoms with Gasteiger partial charge >= 0.3 is 0 Å². The van der Waals surface area contributed by atoms with E-state index in [9.17, 15) is 9.59 Å². The van der Waals surface area contributed by atoms with Crippen LogP contribution in [0.25, 0.3) is 0 Å². The monoisotopic (exact) mass is 584 g/mol. The SMILES string of the molecule is C[C@@H](C(=O)NC1CCCC1)N(Cc1cccc(Br)c1)C(=O)COc1ccc(I)cc1. The highest BCUT2D eigenvalue weighted by molar-refractivity contribution is 14.1. The number of benzene rings is 2. The predicted octanol–water partition coefficient (Wildman–Crippen LogP) is 4.91. The van der Waals surface area contributed by atoms with E-state index >= 15 is 0 Å². The molecule has 1 fully saturated rings. The van der Waals surface area contributed by atoms with E-state index in [0.717, 1.165) is 39.3 Å². The minimum absolute atomic E-state index is 0.112. The zero-order valence-corrected chi connectivity index (χ0v) is 20.7. The number of ether oxygens (including phenoxy) is 1. The van der Waals surface area contributed by atoms with Crippen LogP contribution in [-0.4, -0.2) is 35.4 Å². The predicted molar refractivity (Wildman–Crippen MR) is 129 cm³/mol. The van der Waals surface area contributed by atoms with Crippen molar-refractivity contribution in [1.82, 2.24) is 10.2 Å². The van der Waals surface area contributed by atoms with Crippen LogP contribution in [0.3, 0.4) is 0 Å². The number of nitrogens with zero attached hydrogens (tertiary/aromatic N) is 1. The third-order valence-electron chi connectivity index (χ3n) is 5.29. The maximum Gasteiger partial charge on any atom is 0.261 e. The summed E-state index contributed by atoms with van der Waals surface area (Å²) in [5, 5.41) is 3.11. The minimum atomic E-state index is -0.586. The van der Waals surface area contributed by atoms with Gasteiger partial charge in [-0.3, -0.25) is 9.59 Å². The molecule has 0 heterocycles. The molecule has 7 heteroatoms. The van der Waals surface area contributed by atoms with E-state index in [1.165, 1.54) is 0 Å². The van der Waals surface area contributed by atoms with Crippen LogP contribution < -0.4 is 10.1 Å². The Morgan fingerprint density at radius 3 is 2.57 bits per heavy atom. The van der Waals surface area contributed by atoms with Gasteiger partial charge in [0.2, 0.25) is 5.91 Å². The summed E-state index contributed by atoms with van der Waals surface area (Å²) in [7, 11) is 0. The Hall–Kier alpha value is -1.61. The van der Waals surface area contributed by atoms with E-state index in [0.29, 0.717) is 12.3 Å². The number of nitrogens with one attached hydrogen (secondary N) is 1. The van der Waals surface area contributed by atoms with Crippen molar-refractivity contribution in [1.29, 1.82) is 0 Å². The number of halogens is 2. The van der Waals surface area contributed by atoms with Crippen LogP contribution in [0.4, 0.5) is 0 Å². The van der Waals surface area contributed by atoms with Gasteiger partial charge in [-0.1, -0.05) is 40.9 Å². The standard InChI is InChI=1S/C23H26BrIN2O3/c1-16(23(29)26-20-7-2-3-8-20)27(14-17-5-4-6-18(24)13-17)22(28)15-30-21-11-9-19(25)10-12-21/h4-6,9-13,16,20H,2-3,7-8,14-15H2,1H3,(H,26,29)/t16-/m0/s1. The van der Waals surface area contributed by atoms with Crippen molar-refractivity contribution < 1.29 is 14.3 Å². The van der Waals surface area contributed by atoms with Crippen molar-refractivity contribution in [3.05, 3.63) is 62.1 Å². The van der Waals surface area contributed by atoms with Crippen molar-refractivity contribution in [3.8, 4) is 5.75 Å². The molecule has 0 bridgehead atoms. The molecule has 1 saturated carbocycles. The molecule has 0 radical (unpaired) electrons. The summed E-state index contributed by atoms with van der Waals surface area (Å²) in [6, 6.07) is 14.9. The lowest BCUT2D eigenvalue weighted by Crippen LogP contribution is -2.50. The fourth-order valence-electron chi connectivity index (χ4n) is 3.57. The van der Waals surface area contributed by atoms with Crippen molar-refractivity contribution in [2.24, 2.45) is 0 Å². The number of carbonyl (C=O) groups excluding carboxylic acids is 2. The van der Waals surface area contributed by atoms with Gasteiger partial charge in [0.15, 0.2) is 6.61 Å². The number of hydrogen-bond acceptors (Lipinski definition) is 3. The normalized spacial score (nSPS) is 14.9. The first-order chi connectivity index (χ1) is 14.4. The largest absolute Gasteiger partial charge is 0.484 e. The van der Waals surface area contributed by atoms with Crippen LogP contribution in [0.1, 0.15) is 38.2 Å². The topological polar surface area (TPSA) is 58.6 Å². The molecule has 160 valence electrons. The maximum absolute atomic E-state index is 13.1. The minimum Gasteiger partial charge on any atom is -0.484 e. The fourth-order valence-corrected chi connectivity index (χ4v) is 4.37. The lowest BCUT2D eigenvalue weighted by molar-refractivity contribution is -0.142. The first kappa shape index (κ1) is 23.1. The lowest BCUT2D eigenvalue weighted by Gasteiger charge is -2.29. The Bertz CT molecular complexity index is 869. The van der Waals surface area contributed by atoms with Gasteiger partial charge in [-0.25, -0.2) is 0 Å². The summed E-state index contributed by atoms with van der Waals surface area (Å²) in [4.78, 5) is 27.5. The Morgan fingerprint density at radius 1 is 1.20 bits per heavy atom.